The van der Waals surface area contributed by atoms with E-state index in [1.807, 2.05) is 12.3 Å². The molecule has 0 spiro atoms. The molecule has 0 saturated heterocycles. The number of aromatic amines is 1. The molecule has 0 atom stereocenters. The Labute approximate surface area is 150 Å². The van der Waals surface area contributed by atoms with E-state index in [0.29, 0.717) is 32.4 Å². The topological polar surface area (TPSA) is 73.4 Å². The van der Waals surface area contributed by atoms with E-state index in [2.05, 4.69) is 4.98 Å². The molecule has 1 aliphatic carbocycles. The van der Waals surface area contributed by atoms with Gasteiger partial charge in [0.1, 0.15) is 5.82 Å². The van der Waals surface area contributed by atoms with Crippen molar-refractivity contribution >= 4 is 28.4 Å². The molecule has 1 amide bonds. The van der Waals surface area contributed by atoms with Crippen LogP contribution in [0.3, 0.4) is 0 Å². The van der Waals surface area contributed by atoms with Crippen LogP contribution in [-0.2, 0) is 9.59 Å². The number of aromatic nitrogens is 1. The molecule has 136 valence electrons. The third-order valence-corrected chi connectivity index (χ3v) is 5.81. The highest BCUT2D eigenvalue weighted by molar-refractivity contribution is 5.93. The van der Waals surface area contributed by atoms with Gasteiger partial charge < -0.3 is 15.0 Å². The second-order valence-corrected chi connectivity index (χ2v) is 7.33. The van der Waals surface area contributed by atoms with Gasteiger partial charge in [-0.25, -0.2) is 4.39 Å². The van der Waals surface area contributed by atoms with Crippen LogP contribution in [0.2, 0.25) is 0 Å². The first-order valence-electron chi connectivity index (χ1n) is 8.96. The number of hydrogen-bond donors (Lipinski definition) is 2. The van der Waals surface area contributed by atoms with Crippen molar-refractivity contribution in [2.75, 3.05) is 13.1 Å². The summed E-state index contributed by atoms with van der Waals surface area (Å²) in [6, 6.07) is 4.69. The van der Waals surface area contributed by atoms with Crippen molar-refractivity contribution in [3.63, 3.8) is 0 Å². The van der Waals surface area contributed by atoms with E-state index in [0.717, 1.165) is 28.5 Å². The van der Waals surface area contributed by atoms with E-state index in [-0.39, 0.29) is 18.1 Å². The van der Waals surface area contributed by atoms with Crippen LogP contribution in [0.25, 0.3) is 16.5 Å². The SMILES string of the molecule is O=C(CC1(C(=O)O)CCC1)N1CC=C(c2c[nH]c3cc(F)ccc23)CC1. The van der Waals surface area contributed by atoms with E-state index >= 15 is 0 Å². The van der Waals surface area contributed by atoms with Crippen LogP contribution in [0.5, 0.6) is 0 Å². The summed E-state index contributed by atoms with van der Waals surface area (Å²) in [5.74, 6) is -1.21. The molecule has 2 aliphatic rings. The molecule has 0 unspecified atom stereocenters. The van der Waals surface area contributed by atoms with E-state index in [1.165, 1.54) is 12.1 Å². The normalized spacial score (nSPS) is 19.1. The molecular formula is C20H21FN2O3. The molecule has 2 heterocycles. The van der Waals surface area contributed by atoms with Crippen LogP contribution in [0.15, 0.2) is 30.5 Å². The summed E-state index contributed by atoms with van der Waals surface area (Å²) in [5, 5.41) is 10.4. The zero-order valence-electron chi connectivity index (χ0n) is 14.4. The third-order valence-electron chi connectivity index (χ3n) is 5.81. The predicted molar refractivity (Wildman–Crippen MR) is 96.0 cm³/mol. The molecule has 1 aliphatic heterocycles. The number of carboxylic acids is 1. The lowest BCUT2D eigenvalue weighted by Crippen LogP contribution is -2.44. The zero-order valence-corrected chi connectivity index (χ0v) is 14.4. The summed E-state index contributed by atoms with van der Waals surface area (Å²) in [5.41, 5.74) is 2.08. The molecule has 26 heavy (non-hydrogen) atoms. The summed E-state index contributed by atoms with van der Waals surface area (Å²) in [4.78, 5) is 28.8. The maximum Gasteiger partial charge on any atom is 0.310 e. The van der Waals surface area contributed by atoms with Crippen molar-refractivity contribution < 1.29 is 19.1 Å². The minimum Gasteiger partial charge on any atom is -0.481 e. The van der Waals surface area contributed by atoms with Crippen molar-refractivity contribution in [1.82, 2.24) is 9.88 Å². The molecule has 1 saturated carbocycles. The molecule has 0 bridgehead atoms. The Hall–Kier alpha value is -2.63. The van der Waals surface area contributed by atoms with Crippen LogP contribution in [0, 0.1) is 11.2 Å². The highest BCUT2D eigenvalue weighted by Crippen LogP contribution is 2.44. The Bertz CT molecular complexity index is 911. The van der Waals surface area contributed by atoms with Gasteiger partial charge in [-0.3, -0.25) is 9.59 Å². The summed E-state index contributed by atoms with van der Waals surface area (Å²) in [7, 11) is 0. The molecule has 4 rings (SSSR count). The van der Waals surface area contributed by atoms with Gasteiger partial charge in [0.05, 0.1) is 5.41 Å². The number of benzene rings is 1. The molecule has 5 nitrogen and oxygen atoms in total. The number of amides is 1. The first-order chi connectivity index (χ1) is 12.5. The van der Waals surface area contributed by atoms with Gasteiger partial charge in [0.15, 0.2) is 0 Å². The van der Waals surface area contributed by atoms with Gasteiger partial charge in [-0.15, -0.1) is 0 Å². The summed E-state index contributed by atoms with van der Waals surface area (Å²) < 4.78 is 13.3. The van der Waals surface area contributed by atoms with Gasteiger partial charge in [-0.2, -0.15) is 0 Å². The van der Waals surface area contributed by atoms with Gasteiger partial charge >= 0.3 is 5.97 Å². The highest BCUT2D eigenvalue weighted by atomic mass is 19.1. The zero-order chi connectivity index (χ0) is 18.3. The van der Waals surface area contributed by atoms with Crippen LogP contribution in [-0.4, -0.2) is 40.0 Å². The maximum atomic E-state index is 13.3. The number of hydrogen-bond acceptors (Lipinski definition) is 2. The molecular weight excluding hydrogens is 335 g/mol. The number of fused-ring (bicyclic) bond motifs is 1. The van der Waals surface area contributed by atoms with Crippen LogP contribution in [0.4, 0.5) is 4.39 Å². The van der Waals surface area contributed by atoms with E-state index in [4.69, 9.17) is 0 Å². The highest BCUT2D eigenvalue weighted by Gasteiger charge is 2.46. The predicted octanol–water partition coefficient (Wildman–Crippen LogP) is 3.57. The van der Waals surface area contributed by atoms with Crippen LogP contribution < -0.4 is 0 Å². The Balaban J connectivity index is 1.47. The van der Waals surface area contributed by atoms with Gasteiger partial charge in [0, 0.05) is 42.2 Å². The van der Waals surface area contributed by atoms with Gasteiger partial charge in [0.25, 0.3) is 0 Å². The smallest absolute Gasteiger partial charge is 0.310 e. The Morgan fingerprint density at radius 1 is 1.31 bits per heavy atom. The summed E-state index contributed by atoms with van der Waals surface area (Å²) in [6.45, 7) is 1.06. The van der Waals surface area contributed by atoms with Crippen molar-refractivity contribution in [2.24, 2.45) is 5.41 Å². The van der Waals surface area contributed by atoms with E-state index in [1.54, 1.807) is 11.0 Å². The van der Waals surface area contributed by atoms with Gasteiger partial charge in [-0.1, -0.05) is 12.5 Å². The van der Waals surface area contributed by atoms with Crippen molar-refractivity contribution in [1.29, 1.82) is 0 Å². The number of carbonyl (C=O) groups is 2. The van der Waals surface area contributed by atoms with Crippen molar-refractivity contribution in [3.8, 4) is 0 Å². The lowest BCUT2D eigenvalue weighted by atomic mass is 9.66. The largest absolute Gasteiger partial charge is 0.481 e. The molecule has 6 heteroatoms. The first-order valence-corrected chi connectivity index (χ1v) is 8.96. The number of rotatable bonds is 4. The van der Waals surface area contributed by atoms with Gasteiger partial charge in [0.2, 0.25) is 5.91 Å². The number of carboxylic acid groups (broad SMARTS) is 1. The maximum absolute atomic E-state index is 13.3. The Kier molecular flexibility index (Phi) is 4.05. The number of carbonyl (C=O) groups excluding carboxylic acids is 1. The molecule has 1 fully saturated rings. The van der Waals surface area contributed by atoms with Gasteiger partial charge in [-0.05, 0) is 43.0 Å². The molecule has 2 aromatic rings. The monoisotopic (exact) mass is 356 g/mol. The van der Waals surface area contributed by atoms with Crippen LogP contribution in [0.1, 0.15) is 37.7 Å². The Morgan fingerprint density at radius 2 is 2.12 bits per heavy atom. The average molecular weight is 356 g/mol. The second-order valence-electron chi connectivity index (χ2n) is 7.33. The second kappa shape index (κ2) is 6.27. The number of nitrogens with zero attached hydrogens (tertiary/aromatic N) is 1. The number of aliphatic carboxylic acids is 1. The minimum atomic E-state index is -0.851. The first kappa shape index (κ1) is 16.8. The van der Waals surface area contributed by atoms with E-state index < -0.39 is 11.4 Å². The molecule has 1 aromatic carbocycles. The Morgan fingerprint density at radius 3 is 2.73 bits per heavy atom. The third kappa shape index (κ3) is 2.79. The fourth-order valence-corrected chi connectivity index (χ4v) is 3.98. The average Bonchev–Trinajstić information content (AvgIpc) is 3.00. The van der Waals surface area contributed by atoms with Crippen molar-refractivity contribution in [2.45, 2.75) is 32.1 Å². The lowest BCUT2D eigenvalue weighted by molar-refractivity contribution is -0.159. The quantitative estimate of drug-likeness (QED) is 0.880. The van der Waals surface area contributed by atoms with Crippen LogP contribution >= 0.6 is 0 Å². The van der Waals surface area contributed by atoms with Crippen molar-refractivity contribution in [3.05, 3.63) is 41.9 Å². The number of nitrogens with one attached hydrogen (secondary N) is 1. The van der Waals surface area contributed by atoms with E-state index in [9.17, 15) is 19.1 Å². The lowest BCUT2D eigenvalue weighted by Gasteiger charge is -2.39. The fourth-order valence-electron chi connectivity index (χ4n) is 3.98. The standard InChI is InChI=1S/C20H21FN2O3/c21-14-2-3-15-16(12-22-17(15)10-14)13-4-8-23(9-5-13)18(24)11-20(19(25)26)6-1-7-20/h2-4,10,12,22H,1,5-9,11H2,(H,25,26). The summed E-state index contributed by atoms with van der Waals surface area (Å²) in [6.07, 6.45) is 6.76. The summed E-state index contributed by atoms with van der Waals surface area (Å²) >= 11 is 0. The molecule has 0 radical (unpaired) electrons. The molecule has 2 N–H and O–H groups in total. The minimum absolute atomic E-state index is 0.0802. The number of H-pyrrole nitrogens is 1. The number of halogens is 1. The fraction of sp³-hybridized carbons (Fsp3) is 0.400. The molecule has 1 aromatic heterocycles.